The molecule has 1 saturated carbocycles. The standard InChI is InChI=1S/C5H8O3S2/c6-5-3-1-2-4(5)10(7,8)9-3/h3-6H,1-2H2/t3-,4+,5-/m1/s1. The van der Waals surface area contributed by atoms with Crippen molar-refractivity contribution < 1.29 is 13.5 Å². The van der Waals surface area contributed by atoms with Crippen molar-refractivity contribution in [1.29, 1.82) is 0 Å². The molecule has 1 aliphatic heterocycles. The van der Waals surface area contributed by atoms with Gasteiger partial charge >= 0.3 is 0 Å². The van der Waals surface area contributed by atoms with Gasteiger partial charge < -0.3 is 5.11 Å². The molecule has 2 rings (SSSR count). The van der Waals surface area contributed by atoms with Crippen LogP contribution in [0.15, 0.2) is 0 Å². The van der Waals surface area contributed by atoms with E-state index in [-0.39, 0.29) is 5.25 Å². The lowest BCUT2D eigenvalue weighted by Crippen LogP contribution is -2.22. The van der Waals surface area contributed by atoms with E-state index in [1.807, 2.05) is 0 Å². The molecule has 5 heteroatoms. The predicted molar refractivity (Wildman–Crippen MR) is 39.3 cm³/mol. The summed E-state index contributed by atoms with van der Waals surface area (Å²) >= 11 is 0. The van der Waals surface area contributed by atoms with Crippen LogP contribution in [0.2, 0.25) is 0 Å². The van der Waals surface area contributed by atoms with E-state index in [1.54, 1.807) is 0 Å². The van der Waals surface area contributed by atoms with Crippen molar-refractivity contribution in [2.75, 3.05) is 0 Å². The molecule has 0 aromatic rings. The van der Waals surface area contributed by atoms with E-state index in [4.69, 9.17) is 0 Å². The molecule has 0 spiro atoms. The van der Waals surface area contributed by atoms with E-state index >= 15 is 0 Å². The van der Waals surface area contributed by atoms with Gasteiger partial charge in [0.05, 0.1) is 11.4 Å². The smallest absolute Gasteiger partial charge is 0.207 e. The van der Waals surface area contributed by atoms with Crippen LogP contribution >= 0.6 is 10.8 Å². The van der Waals surface area contributed by atoms with Gasteiger partial charge in [-0.05, 0) is 23.6 Å². The molecule has 2 fully saturated rings. The molecule has 1 aliphatic carbocycles. The summed E-state index contributed by atoms with van der Waals surface area (Å²) in [5.41, 5.74) is 0. The molecule has 0 aromatic heterocycles. The third-order valence-corrected chi connectivity index (χ3v) is 6.70. The zero-order valence-electron chi connectivity index (χ0n) is 5.23. The van der Waals surface area contributed by atoms with Gasteiger partial charge in [-0.3, -0.25) is 0 Å². The van der Waals surface area contributed by atoms with Gasteiger partial charge in [-0.1, -0.05) is 0 Å². The lowest BCUT2D eigenvalue weighted by molar-refractivity contribution is 0.194. The molecule has 0 radical (unpaired) electrons. The Labute approximate surface area is 63.1 Å². The van der Waals surface area contributed by atoms with Gasteiger partial charge in [-0.2, -0.15) is 0 Å². The Morgan fingerprint density at radius 3 is 2.30 bits per heavy atom. The zero-order chi connectivity index (χ0) is 7.35. The van der Waals surface area contributed by atoms with E-state index < -0.39 is 20.2 Å². The van der Waals surface area contributed by atoms with Crippen LogP contribution < -0.4 is 0 Å². The van der Waals surface area contributed by atoms with Gasteiger partial charge in [0.25, 0.3) is 0 Å². The SMILES string of the molecule is O=S1(=O)S[C@@H]2CC[C@H]1[C@@H]2O. The number of hydrogen-bond donors (Lipinski definition) is 1. The van der Waals surface area contributed by atoms with Crippen LogP contribution in [0.5, 0.6) is 0 Å². The Balaban J connectivity index is 2.41. The van der Waals surface area contributed by atoms with Crippen LogP contribution in [-0.4, -0.2) is 30.1 Å². The maximum absolute atomic E-state index is 11.0. The second kappa shape index (κ2) is 1.89. The molecule has 2 bridgehead atoms. The molecule has 3 nitrogen and oxygen atoms in total. The van der Waals surface area contributed by atoms with Crippen molar-refractivity contribution in [3.8, 4) is 0 Å². The molecule has 1 heterocycles. The van der Waals surface area contributed by atoms with Crippen LogP contribution in [0.3, 0.4) is 0 Å². The number of aliphatic hydroxyl groups excluding tert-OH is 1. The maximum atomic E-state index is 11.0. The van der Waals surface area contributed by atoms with Crippen molar-refractivity contribution in [3.05, 3.63) is 0 Å². The second-order valence-corrected chi connectivity index (χ2v) is 7.09. The summed E-state index contributed by atoms with van der Waals surface area (Å²) in [6.45, 7) is 0. The molecular formula is C5H8O3S2. The van der Waals surface area contributed by atoms with Gasteiger partial charge in [-0.15, -0.1) is 0 Å². The molecule has 2 aliphatic rings. The minimum atomic E-state index is -2.97. The molecule has 58 valence electrons. The van der Waals surface area contributed by atoms with Gasteiger partial charge in [0.2, 0.25) is 8.87 Å². The zero-order valence-corrected chi connectivity index (χ0v) is 6.86. The fourth-order valence-corrected chi connectivity index (χ4v) is 6.37. The highest BCUT2D eigenvalue weighted by molar-refractivity contribution is 8.73. The number of aliphatic hydroxyl groups is 1. The molecule has 0 unspecified atom stereocenters. The second-order valence-electron chi connectivity index (χ2n) is 2.73. The maximum Gasteiger partial charge on any atom is 0.207 e. The van der Waals surface area contributed by atoms with Gasteiger partial charge in [0.15, 0.2) is 0 Å². The first kappa shape index (κ1) is 6.94. The van der Waals surface area contributed by atoms with E-state index in [0.717, 1.165) is 17.2 Å². The summed E-state index contributed by atoms with van der Waals surface area (Å²) in [6.07, 6.45) is 0.923. The third-order valence-electron chi connectivity index (χ3n) is 2.13. The monoisotopic (exact) mass is 180 g/mol. The summed E-state index contributed by atoms with van der Waals surface area (Å²) < 4.78 is 22.1. The van der Waals surface area contributed by atoms with E-state index in [0.29, 0.717) is 6.42 Å². The minimum absolute atomic E-state index is 0.0324. The first-order chi connectivity index (χ1) is 4.61. The predicted octanol–water partition coefficient (Wildman–Crippen LogP) is -0.0451. The third kappa shape index (κ3) is 0.740. The topological polar surface area (TPSA) is 54.4 Å². The molecule has 3 atom stereocenters. The van der Waals surface area contributed by atoms with Crippen molar-refractivity contribution in [1.82, 2.24) is 0 Å². The van der Waals surface area contributed by atoms with Crippen molar-refractivity contribution in [2.24, 2.45) is 0 Å². The van der Waals surface area contributed by atoms with Crippen LogP contribution in [0.25, 0.3) is 0 Å². The minimum Gasteiger partial charge on any atom is -0.391 e. The van der Waals surface area contributed by atoms with Gasteiger partial charge in [0, 0.05) is 5.25 Å². The summed E-state index contributed by atoms with van der Waals surface area (Å²) in [7, 11) is -2.02. The summed E-state index contributed by atoms with van der Waals surface area (Å²) in [6, 6.07) is 0. The highest BCUT2D eigenvalue weighted by atomic mass is 33.1. The summed E-state index contributed by atoms with van der Waals surface area (Å²) in [4.78, 5) is 0. The van der Waals surface area contributed by atoms with Crippen molar-refractivity contribution in [2.45, 2.75) is 29.4 Å². The Hall–Kier alpha value is 0.260. The fourth-order valence-electron chi connectivity index (χ4n) is 1.57. The first-order valence-electron chi connectivity index (χ1n) is 3.21. The Morgan fingerprint density at radius 1 is 1.40 bits per heavy atom. The molecule has 1 N–H and O–H groups in total. The molecule has 0 aromatic carbocycles. The molecule has 1 saturated heterocycles. The van der Waals surface area contributed by atoms with Crippen LogP contribution in [-0.2, 0) is 8.87 Å². The van der Waals surface area contributed by atoms with Gasteiger partial charge in [-0.25, -0.2) is 8.42 Å². The molecular weight excluding hydrogens is 172 g/mol. The van der Waals surface area contributed by atoms with Crippen molar-refractivity contribution >= 4 is 19.7 Å². The number of fused-ring (bicyclic) bond motifs is 2. The normalized spacial score (nSPS) is 49.9. The Bertz CT molecular complexity index is 246. The van der Waals surface area contributed by atoms with E-state index in [1.165, 1.54) is 0 Å². The number of hydrogen-bond acceptors (Lipinski definition) is 4. The van der Waals surface area contributed by atoms with Crippen molar-refractivity contribution in [3.63, 3.8) is 0 Å². The largest absolute Gasteiger partial charge is 0.391 e. The van der Waals surface area contributed by atoms with Crippen LogP contribution in [0.1, 0.15) is 12.8 Å². The highest BCUT2D eigenvalue weighted by Gasteiger charge is 2.52. The number of rotatable bonds is 0. The van der Waals surface area contributed by atoms with Crippen LogP contribution in [0, 0.1) is 0 Å². The summed E-state index contributed by atoms with van der Waals surface area (Å²) in [5.74, 6) is 0. The fraction of sp³-hybridized carbons (Fsp3) is 1.00. The summed E-state index contributed by atoms with van der Waals surface area (Å²) in [5, 5.41) is 8.78. The average molecular weight is 180 g/mol. The quantitative estimate of drug-likeness (QED) is 0.531. The first-order valence-corrected chi connectivity index (χ1v) is 6.16. The van der Waals surface area contributed by atoms with Crippen LogP contribution in [0.4, 0.5) is 0 Å². The van der Waals surface area contributed by atoms with E-state index in [9.17, 15) is 13.5 Å². The Kier molecular flexibility index (Phi) is 1.31. The molecule has 10 heavy (non-hydrogen) atoms. The lowest BCUT2D eigenvalue weighted by atomic mass is 10.3. The highest BCUT2D eigenvalue weighted by Crippen LogP contribution is 2.47. The lowest BCUT2D eigenvalue weighted by Gasteiger charge is -2.06. The molecule has 0 amide bonds. The van der Waals surface area contributed by atoms with E-state index in [2.05, 4.69) is 0 Å². The average Bonchev–Trinajstić information content (AvgIpc) is 2.21. The Morgan fingerprint density at radius 2 is 2.10 bits per heavy atom. The van der Waals surface area contributed by atoms with Gasteiger partial charge in [0.1, 0.15) is 0 Å².